The van der Waals surface area contributed by atoms with Gasteiger partial charge in [-0.05, 0) is 32.4 Å². The van der Waals surface area contributed by atoms with E-state index < -0.39 is 0 Å². The molecule has 1 heterocycles. The first-order chi connectivity index (χ1) is 7.11. The molecule has 0 amide bonds. The maximum atomic E-state index is 9.65. The van der Waals surface area contributed by atoms with Crippen LogP contribution in [0.15, 0.2) is 0 Å². The Bertz CT molecular complexity index is 173. The van der Waals surface area contributed by atoms with Crippen molar-refractivity contribution >= 4 is 0 Å². The van der Waals surface area contributed by atoms with Crippen LogP contribution >= 0.6 is 0 Å². The van der Waals surface area contributed by atoms with Gasteiger partial charge in [0.2, 0.25) is 0 Å². The number of likely N-dealkylation sites (tertiary alicyclic amines) is 1. The van der Waals surface area contributed by atoms with Gasteiger partial charge in [-0.25, -0.2) is 0 Å². The van der Waals surface area contributed by atoms with Crippen LogP contribution in [-0.4, -0.2) is 48.8 Å². The van der Waals surface area contributed by atoms with Crippen molar-refractivity contribution in [1.29, 1.82) is 0 Å². The van der Waals surface area contributed by atoms with Crippen molar-refractivity contribution in [3.8, 4) is 0 Å². The van der Waals surface area contributed by atoms with Gasteiger partial charge >= 0.3 is 0 Å². The molecule has 0 bridgehead atoms. The van der Waals surface area contributed by atoms with Gasteiger partial charge in [0.05, 0.1) is 6.10 Å². The smallest absolute Gasteiger partial charge is 0.0687 e. The molecular weight excluding hydrogens is 188 g/mol. The van der Waals surface area contributed by atoms with Crippen LogP contribution in [0.1, 0.15) is 33.1 Å². The molecule has 1 fully saturated rings. The van der Waals surface area contributed by atoms with Crippen LogP contribution in [0, 0.1) is 5.92 Å². The predicted molar refractivity (Wildman–Crippen MR) is 64.0 cm³/mol. The van der Waals surface area contributed by atoms with E-state index in [-0.39, 0.29) is 6.10 Å². The maximum Gasteiger partial charge on any atom is 0.0687 e. The third-order valence-electron chi connectivity index (χ3n) is 3.42. The zero-order valence-electron chi connectivity index (χ0n) is 10.4. The van der Waals surface area contributed by atoms with Crippen molar-refractivity contribution in [2.45, 2.75) is 45.3 Å². The minimum Gasteiger partial charge on any atom is -0.392 e. The molecule has 1 rings (SSSR count). The van der Waals surface area contributed by atoms with E-state index in [1.54, 1.807) is 0 Å². The van der Waals surface area contributed by atoms with Crippen LogP contribution in [0.25, 0.3) is 0 Å². The largest absolute Gasteiger partial charge is 0.392 e. The molecule has 1 aliphatic heterocycles. The molecule has 0 radical (unpaired) electrons. The number of piperidine rings is 1. The Kier molecular flexibility index (Phi) is 5.58. The third-order valence-corrected chi connectivity index (χ3v) is 3.42. The normalized spacial score (nSPS) is 25.8. The van der Waals surface area contributed by atoms with Crippen LogP contribution in [0.3, 0.4) is 0 Å². The van der Waals surface area contributed by atoms with E-state index in [1.807, 2.05) is 0 Å². The zero-order valence-corrected chi connectivity index (χ0v) is 10.4. The van der Waals surface area contributed by atoms with Crippen LogP contribution < -0.4 is 5.32 Å². The van der Waals surface area contributed by atoms with E-state index in [4.69, 9.17) is 0 Å². The Labute approximate surface area is 93.9 Å². The first-order valence-corrected chi connectivity index (χ1v) is 6.20. The number of aliphatic hydroxyl groups is 1. The molecule has 3 heteroatoms. The highest BCUT2D eigenvalue weighted by atomic mass is 16.3. The summed E-state index contributed by atoms with van der Waals surface area (Å²) in [5, 5.41) is 13.0. The summed E-state index contributed by atoms with van der Waals surface area (Å²) in [6, 6.07) is 0.665. The standard InChI is InChI=1S/C12H26N2O/c1-10(2)12(15)9-13-8-11-6-4-5-7-14(11)3/h10-13,15H,4-9H2,1-3H3. The monoisotopic (exact) mass is 214 g/mol. The van der Waals surface area contributed by atoms with Crippen LogP contribution in [-0.2, 0) is 0 Å². The van der Waals surface area contributed by atoms with Gasteiger partial charge in [0.15, 0.2) is 0 Å². The lowest BCUT2D eigenvalue weighted by Crippen LogP contribution is -2.45. The Morgan fingerprint density at radius 3 is 2.73 bits per heavy atom. The topological polar surface area (TPSA) is 35.5 Å². The maximum absolute atomic E-state index is 9.65. The van der Waals surface area contributed by atoms with E-state index in [9.17, 15) is 5.11 Å². The summed E-state index contributed by atoms with van der Waals surface area (Å²) < 4.78 is 0. The van der Waals surface area contributed by atoms with Crippen molar-refractivity contribution in [2.75, 3.05) is 26.7 Å². The van der Waals surface area contributed by atoms with Crippen molar-refractivity contribution in [3.63, 3.8) is 0 Å². The average Bonchev–Trinajstić information content (AvgIpc) is 2.20. The van der Waals surface area contributed by atoms with Gasteiger partial charge in [-0.2, -0.15) is 0 Å². The molecule has 90 valence electrons. The van der Waals surface area contributed by atoms with Gasteiger partial charge in [0.25, 0.3) is 0 Å². The Morgan fingerprint density at radius 1 is 1.40 bits per heavy atom. The minimum absolute atomic E-state index is 0.209. The molecule has 0 aromatic rings. The molecule has 0 aromatic heterocycles. The molecule has 0 spiro atoms. The molecule has 3 nitrogen and oxygen atoms in total. The molecule has 2 atom stereocenters. The number of likely N-dealkylation sites (N-methyl/N-ethyl adjacent to an activating group) is 1. The van der Waals surface area contributed by atoms with Gasteiger partial charge < -0.3 is 15.3 Å². The summed E-state index contributed by atoms with van der Waals surface area (Å²) in [7, 11) is 2.20. The van der Waals surface area contributed by atoms with E-state index in [0.717, 1.165) is 13.1 Å². The lowest BCUT2D eigenvalue weighted by atomic mass is 10.0. The first-order valence-electron chi connectivity index (χ1n) is 6.20. The fourth-order valence-electron chi connectivity index (χ4n) is 2.04. The Morgan fingerprint density at radius 2 is 2.13 bits per heavy atom. The number of nitrogens with one attached hydrogen (secondary N) is 1. The molecule has 15 heavy (non-hydrogen) atoms. The van der Waals surface area contributed by atoms with Gasteiger partial charge in [-0.15, -0.1) is 0 Å². The van der Waals surface area contributed by atoms with Gasteiger partial charge in [0, 0.05) is 19.1 Å². The molecular formula is C12H26N2O. The Balaban J connectivity index is 2.13. The minimum atomic E-state index is -0.209. The second kappa shape index (κ2) is 6.46. The van der Waals surface area contributed by atoms with Crippen molar-refractivity contribution < 1.29 is 5.11 Å². The lowest BCUT2D eigenvalue weighted by Gasteiger charge is -2.33. The molecule has 0 saturated carbocycles. The second-order valence-electron chi connectivity index (χ2n) is 5.10. The van der Waals surface area contributed by atoms with Gasteiger partial charge in [0.1, 0.15) is 0 Å². The molecule has 0 aromatic carbocycles. The summed E-state index contributed by atoms with van der Waals surface area (Å²) in [6.07, 6.45) is 3.77. The quantitative estimate of drug-likeness (QED) is 0.719. The molecule has 2 N–H and O–H groups in total. The summed E-state index contributed by atoms with van der Waals surface area (Å²) in [5.41, 5.74) is 0. The predicted octanol–water partition coefficient (Wildman–Crippen LogP) is 1.08. The van der Waals surface area contributed by atoms with Crippen molar-refractivity contribution in [2.24, 2.45) is 5.92 Å². The fourth-order valence-corrected chi connectivity index (χ4v) is 2.04. The zero-order chi connectivity index (χ0) is 11.3. The van der Waals surface area contributed by atoms with Crippen molar-refractivity contribution in [1.82, 2.24) is 10.2 Å². The van der Waals surface area contributed by atoms with E-state index in [2.05, 4.69) is 31.1 Å². The van der Waals surface area contributed by atoms with E-state index in [0.29, 0.717) is 12.0 Å². The summed E-state index contributed by atoms with van der Waals surface area (Å²) in [5.74, 6) is 0.349. The highest BCUT2D eigenvalue weighted by molar-refractivity contribution is 4.77. The third kappa shape index (κ3) is 4.49. The second-order valence-corrected chi connectivity index (χ2v) is 5.10. The van der Waals surface area contributed by atoms with Gasteiger partial charge in [-0.3, -0.25) is 0 Å². The number of aliphatic hydroxyl groups excluding tert-OH is 1. The molecule has 1 saturated heterocycles. The average molecular weight is 214 g/mol. The number of rotatable bonds is 5. The summed E-state index contributed by atoms with van der Waals surface area (Å²) in [6.45, 7) is 7.07. The summed E-state index contributed by atoms with van der Waals surface area (Å²) >= 11 is 0. The molecule has 0 aliphatic carbocycles. The Hall–Kier alpha value is -0.120. The van der Waals surface area contributed by atoms with E-state index >= 15 is 0 Å². The van der Waals surface area contributed by atoms with Crippen LogP contribution in [0.5, 0.6) is 0 Å². The van der Waals surface area contributed by atoms with Crippen LogP contribution in [0.2, 0.25) is 0 Å². The number of hydrogen-bond acceptors (Lipinski definition) is 3. The highest BCUT2D eigenvalue weighted by Crippen LogP contribution is 2.13. The summed E-state index contributed by atoms with van der Waals surface area (Å²) in [4.78, 5) is 2.43. The number of nitrogens with zero attached hydrogens (tertiary/aromatic N) is 1. The van der Waals surface area contributed by atoms with E-state index in [1.165, 1.54) is 25.8 Å². The highest BCUT2D eigenvalue weighted by Gasteiger charge is 2.18. The van der Waals surface area contributed by atoms with Gasteiger partial charge in [-0.1, -0.05) is 20.3 Å². The molecule has 1 aliphatic rings. The first kappa shape index (κ1) is 12.9. The van der Waals surface area contributed by atoms with Crippen LogP contribution in [0.4, 0.5) is 0 Å². The fraction of sp³-hybridized carbons (Fsp3) is 1.00. The number of hydrogen-bond donors (Lipinski definition) is 2. The van der Waals surface area contributed by atoms with Crippen molar-refractivity contribution in [3.05, 3.63) is 0 Å². The lowest BCUT2D eigenvalue weighted by molar-refractivity contribution is 0.116. The SMILES string of the molecule is CC(C)C(O)CNCC1CCCCN1C. The molecule has 2 unspecified atom stereocenters.